The fourth-order valence-corrected chi connectivity index (χ4v) is 2.94. The molecule has 0 saturated heterocycles. The predicted octanol–water partition coefficient (Wildman–Crippen LogP) is 3.14. The van der Waals surface area contributed by atoms with Crippen LogP contribution in [-0.4, -0.2) is 30.7 Å². The molecule has 0 aliphatic rings. The summed E-state index contributed by atoms with van der Waals surface area (Å²) in [5, 5.41) is 0. The lowest BCUT2D eigenvalue weighted by Crippen LogP contribution is -1.98. The first-order chi connectivity index (χ1) is 11.1. The molecule has 3 heterocycles. The summed E-state index contributed by atoms with van der Waals surface area (Å²) in [7, 11) is 0. The van der Waals surface area contributed by atoms with Gasteiger partial charge in [0.05, 0.1) is 11.9 Å². The van der Waals surface area contributed by atoms with Crippen LogP contribution < -0.4 is 0 Å². The van der Waals surface area contributed by atoms with Crippen molar-refractivity contribution in [1.82, 2.24) is 19.9 Å². The predicted molar refractivity (Wildman–Crippen MR) is 91.5 cm³/mol. The molecule has 0 radical (unpaired) electrons. The van der Waals surface area contributed by atoms with Crippen LogP contribution >= 0.6 is 0 Å². The highest BCUT2D eigenvalue weighted by molar-refractivity contribution is 7.90. The van der Waals surface area contributed by atoms with Crippen LogP contribution in [-0.2, 0) is 17.6 Å². The highest BCUT2D eigenvalue weighted by atomic mass is 32.2. The Morgan fingerprint density at radius 3 is 2.74 bits per heavy atom. The highest BCUT2D eigenvalue weighted by Gasteiger charge is 2.11. The largest absolute Gasteiger partial charge is 0.612 e. The van der Waals surface area contributed by atoms with E-state index in [-0.39, 0.29) is 0 Å². The zero-order chi connectivity index (χ0) is 16.4. The van der Waals surface area contributed by atoms with E-state index in [1.807, 2.05) is 25.1 Å². The molecule has 0 amide bonds. The number of rotatable bonds is 4. The molecule has 0 saturated carbocycles. The summed E-state index contributed by atoms with van der Waals surface area (Å²) in [6, 6.07) is 5.78. The van der Waals surface area contributed by atoms with Gasteiger partial charge in [-0.3, -0.25) is 9.97 Å². The van der Waals surface area contributed by atoms with E-state index in [0.29, 0.717) is 4.90 Å². The van der Waals surface area contributed by atoms with Crippen LogP contribution in [0.2, 0.25) is 0 Å². The first-order valence-electron chi connectivity index (χ1n) is 7.39. The van der Waals surface area contributed by atoms with Crippen molar-refractivity contribution in [3.8, 4) is 22.6 Å². The minimum Gasteiger partial charge on any atom is -0.612 e. The Kier molecular flexibility index (Phi) is 4.45. The number of H-pyrrole nitrogens is 1. The lowest BCUT2D eigenvalue weighted by molar-refractivity contribution is 0.600. The van der Waals surface area contributed by atoms with Crippen LogP contribution in [0, 0.1) is 6.92 Å². The molecule has 23 heavy (non-hydrogen) atoms. The maximum atomic E-state index is 11.6. The van der Waals surface area contributed by atoms with Gasteiger partial charge in [-0.05, 0) is 42.2 Å². The van der Waals surface area contributed by atoms with Crippen molar-refractivity contribution >= 4 is 11.2 Å². The molecule has 0 aliphatic heterocycles. The molecule has 5 nitrogen and oxygen atoms in total. The zero-order valence-corrected chi connectivity index (χ0v) is 14.1. The van der Waals surface area contributed by atoms with Crippen LogP contribution in [0.15, 0.2) is 41.7 Å². The molecule has 6 heteroatoms. The van der Waals surface area contributed by atoms with E-state index in [2.05, 4.69) is 26.9 Å². The van der Waals surface area contributed by atoms with Gasteiger partial charge in [-0.25, -0.2) is 4.98 Å². The normalized spacial score (nSPS) is 12.3. The third kappa shape index (κ3) is 3.28. The van der Waals surface area contributed by atoms with Gasteiger partial charge in [0.25, 0.3) is 0 Å². The van der Waals surface area contributed by atoms with Crippen molar-refractivity contribution in [2.24, 2.45) is 0 Å². The van der Waals surface area contributed by atoms with Crippen molar-refractivity contribution in [3.05, 3.63) is 48.2 Å². The first kappa shape index (κ1) is 15.7. The number of hydrogen-bond donors (Lipinski definition) is 1. The molecule has 0 aliphatic carbocycles. The number of aryl methyl sites for hydroxylation is 2. The molecule has 118 valence electrons. The van der Waals surface area contributed by atoms with Gasteiger partial charge in [-0.2, -0.15) is 0 Å². The van der Waals surface area contributed by atoms with Gasteiger partial charge in [0.2, 0.25) is 0 Å². The van der Waals surface area contributed by atoms with E-state index >= 15 is 0 Å². The van der Waals surface area contributed by atoms with Crippen LogP contribution in [0.5, 0.6) is 0 Å². The van der Waals surface area contributed by atoms with E-state index < -0.39 is 11.2 Å². The number of hydrogen-bond acceptors (Lipinski definition) is 4. The zero-order valence-electron chi connectivity index (χ0n) is 13.3. The third-order valence-corrected chi connectivity index (χ3v) is 4.59. The lowest BCUT2D eigenvalue weighted by Gasteiger charge is -2.07. The van der Waals surface area contributed by atoms with Crippen molar-refractivity contribution in [1.29, 1.82) is 0 Å². The molecule has 3 aromatic heterocycles. The van der Waals surface area contributed by atoms with Crippen LogP contribution in [0.1, 0.15) is 18.3 Å². The van der Waals surface area contributed by atoms with Crippen LogP contribution in [0.25, 0.3) is 22.6 Å². The molecule has 1 N–H and O–H groups in total. The van der Waals surface area contributed by atoms with Gasteiger partial charge in [0.1, 0.15) is 11.9 Å². The Bertz CT molecular complexity index is 829. The topological polar surface area (TPSA) is 77.5 Å². The van der Waals surface area contributed by atoms with E-state index in [9.17, 15) is 4.55 Å². The maximum absolute atomic E-state index is 11.6. The van der Waals surface area contributed by atoms with Crippen molar-refractivity contribution < 1.29 is 4.55 Å². The fourth-order valence-electron chi connectivity index (χ4n) is 2.44. The first-order valence-corrected chi connectivity index (χ1v) is 8.95. The smallest absolute Gasteiger partial charge is 0.171 e. The van der Waals surface area contributed by atoms with Crippen LogP contribution in [0.3, 0.4) is 0 Å². The lowest BCUT2D eigenvalue weighted by atomic mass is 10.1. The Hall–Kier alpha value is -2.18. The number of imidazole rings is 1. The second-order valence-electron chi connectivity index (χ2n) is 5.30. The Balaban J connectivity index is 2.01. The minimum absolute atomic E-state index is 0.711. The number of aromatic nitrogens is 4. The molecule has 1 unspecified atom stereocenters. The standard InChI is InChI=1S/C17H18N4OS/c1-4-15-11(2)20-17(21-15)16-8-12(5-6-19-16)13-7-14(23(3)22)10-18-9-13/h5-10H,4H2,1-3H3,(H,20,21). The molecule has 0 fully saturated rings. The summed E-state index contributed by atoms with van der Waals surface area (Å²) in [4.78, 5) is 17.2. The molecule has 3 rings (SSSR count). The number of nitrogens with one attached hydrogen (secondary N) is 1. The van der Waals surface area contributed by atoms with Crippen LogP contribution in [0.4, 0.5) is 0 Å². The fraction of sp³-hybridized carbons (Fsp3) is 0.235. The quantitative estimate of drug-likeness (QED) is 0.747. The molecule has 0 bridgehead atoms. The maximum Gasteiger partial charge on any atom is 0.171 e. The van der Waals surface area contributed by atoms with E-state index in [1.54, 1.807) is 24.8 Å². The van der Waals surface area contributed by atoms with E-state index in [0.717, 1.165) is 40.5 Å². The molecule has 1 atom stereocenters. The summed E-state index contributed by atoms with van der Waals surface area (Å²) in [6.07, 6.45) is 7.68. The molecular formula is C17H18N4OS. The number of aromatic amines is 1. The molecule has 3 aromatic rings. The third-order valence-electron chi connectivity index (χ3n) is 3.70. The molecular weight excluding hydrogens is 308 g/mol. The van der Waals surface area contributed by atoms with Crippen molar-refractivity contribution in [2.75, 3.05) is 6.26 Å². The number of nitrogens with zero attached hydrogens (tertiary/aromatic N) is 3. The van der Waals surface area contributed by atoms with Crippen molar-refractivity contribution in [2.45, 2.75) is 25.2 Å². The summed E-state index contributed by atoms with van der Waals surface area (Å²) < 4.78 is 11.6. The van der Waals surface area contributed by atoms with Crippen molar-refractivity contribution in [3.63, 3.8) is 0 Å². The summed E-state index contributed by atoms with van der Waals surface area (Å²) in [6.45, 7) is 4.10. The highest BCUT2D eigenvalue weighted by Crippen LogP contribution is 2.25. The van der Waals surface area contributed by atoms with E-state index in [4.69, 9.17) is 0 Å². The SMILES string of the molecule is CCc1nc(-c2cc(-c3cncc([S+](C)[O-])c3)ccn2)[nH]c1C. The average Bonchev–Trinajstić information content (AvgIpc) is 2.96. The van der Waals surface area contributed by atoms with Gasteiger partial charge in [-0.1, -0.05) is 6.92 Å². The van der Waals surface area contributed by atoms with Gasteiger partial charge < -0.3 is 9.54 Å². The summed E-state index contributed by atoms with van der Waals surface area (Å²) in [5.74, 6) is 0.768. The summed E-state index contributed by atoms with van der Waals surface area (Å²) in [5.41, 5.74) is 4.80. The van der Waals surface area contributed by atoms with Gasteiger partial charge >= 0.3 is 0 Å². The summed E-state index contributed by atoms with van der Waals surface area (Å²) >= 11 is -1.05. The molecule has 0 aromatic carbocycles. The van der Waals surface area contributed by atoms with Gasteiger partial charge in [0.15, 0.2) is 10.7 Å². The van der Waals surface area contributed by atoms with Gasteiger partial charge in [-0.15, -0.1) is 0 Å². The Morgan fingerprint density at radius 1 is 1.22 bits per heavy atom. The molecule has 0 spiro atoms. The van der Waals surface area contributed by atoms with Gasteiger partial charge in [0, 0.05) is 29.7 Å². The second-order valence-corrected chi connectivity index (χ2v) is 6.68. The average molecular weight is 326 g/mol. The monoisotopic (exact) mass is 326 g/mol. The number of pyridine rings is 2. The van der Waals surface area contributed by atoms with E-state index in [1.165, 1.54) is 0 Å². The Labute approximate surface area is 138 Å². The Morgan fingerprint density at radius 2 is 2.04 bits per heavy atom. The second kappa shape index (κ2) is 6.52. The minimum atomic E-state index is -1.05.